The Balaban J connectivity index is 0.000000239. The fourth-order valence-electron chi connectivity index (χ4n) is 1.44. The maximum atomic E-state index is 11.4. The normalized spacial score (nSPS) is 15.1. The molecule has 2 heterocycles. The first-order chi connectivity index (χ1) is 7.99. The molecule has 0 radical (unpaired) electrons. The Morgan fingerprint density at radius 2 is 2.00 bits per heavy atom. The minimum absolute atomic E-state index is 0.167. The number of imidazole rings is 1. The van der Waals surface area contributed by atoms with E-state index in [-0.39, 0.29) is 11.7 Å². The number of aromatic nitrogens is 2. The number of nitrogens with one attached hydrogen (secondary N) is 1. The van der Waals surface area contributed by atoms with E-state index in [1.54, 1.807) is 23.6 Å². The Morgan fingerprint density at radius 3 is 2.35 bits per heavy atom. The molecule has 2 rings (SSSR count). The van der Waals surface area contributed by atoms with Crippen molar-refractivity contribution in [1.82, 2.24) is 14.9 Å². The first-order valence-electron chi connectivity index (χ1n) is 5.90. The first kappa shape index (κ1) is 13.5. The highest BCUT2D eigenvalue weighted by Gasteiger charge is 2.23. The van der Waals surface area contributed by atoms with Crippen molar-refractivity contribution in [2.75, 3.05) is 13.1 Å². The van der Waals surface area contributed by atoms with E-state index in [0.717, 1.165) is 25.9 Å². The van der Waals surface area contributed by atoms with E-state index in [1.165, 1.54) is 0 Å². The number of ether oxygens (including phenoxy) is 1. The van der Waals surface area contributed by atoms with Gasteiger partial charge in [0.25, 0.3) is 0 Å². The van der Waals surface area contributed by atoms with Gasteiger partial charge in [-0.3, -0.25) is 0 Å². The zero-order valence-electron chi connectivity index (χ0n) is 10.8. The molecule has 0 aromatic carbocycles. The molecule has 5 nitrogen and oxygen atoms in total. The summed E-state index contributed by atoms with van der Waals surface area (Å²) in [7, 11) is 0. The maximum Gasteiger partial charge on any atom is 0.410 e. The minimum Gasteiger partial charge on any atom is -0.444 e. The van der Waals surface area contributed by atoms with Crippen LogP contribution in [0.1, 0.15) is 33.6 Å². The molecule has 1 aliphatic heterocycles. The first-order valence-corrected chi connectivity index (χ1v) is 5.90. The highest BCUT2D eigenvalue weighted by Crippen LogP contribution is 2.14. The van der Waals surface area contributed by atoms with Crippen LogP contribution >= 0.6 is 0 Å². The molecule has 1 aromatic rings. The van der Waals surface area contributed by atoms with Crippen molar-refractivity contribution in [3.8, 4) is 0 Å². The number of H-pyrrole nitrogens is 1. The summed E-state index contributed by atoms with van der Waals surface area (Å²) >= 11 is 0. The molecular formula is C12H21N3O2. The summed E-state index contributed by atoms with van der Waals surface area (Å²) in [6.45, 7) is 7.38. The van der Waals surface area contributed by atoms with Gasteiger partial charge in [-0.2, -0.15) is 0 Å². The topological polar surface area (TPSA) is 58.2 Å². The number of hydrogen-bond acceptors (Lipinski definition) is 3. The lowest BCUT2D eigenvalue weighted by Crippen LogP contribution is -2.34. The predicted molar refractivity (Wildman–Crippen MR) is 65.6 cm³/mol. The van der Waals surface area contributed by atoms with Crippen LogP contribution in [0.3, 0.4) is 0 Å². The van der Waals surface area contributed by atoms with E-state index in [2.05, 4.69) is 9.97 Å². The summed E-state index contributed by atoms with van der Waals surface area (Å²) in [6, 6.07) is 0. The van der Waals surface area contributed by atoms with Crippen molar-refractivity contribution in [2.24, 2.45) is 0 Å². The second kappa shape index (κ2) is 6.27. The van der Waals surface area contributed by atoms with E-state index < -0.39 is 0 Å². The minimum atomic E-state index is -0.361. The van der Waals surface area contributed by atoms with Crippen LogP contribution in [0.4, 0.5) is 4.79 Å². The van der Waals surface area contributed by atoms with Crippen molar-refractivity contribution in [1.29, 1.82) is 0 Å². The molecule has 0 unspecified atom stereocenters. The lowest BCUT2D eigenvalue weighted by atomic mass is 10.2. The molecule has 0 aliphatic carbocycles. The van der Waals surface area contributed by atoms with E-state index >= 15 is 0 Å². The Morgan fingerprint density at radius 1 is 1.35 bits per heavy atom. The maximum absolute atomic E-state index is 11.4. The second-order valence-corrected chi connectivity index (χ2v) is 4.94. The van der Waals surface area contributed by atoms with Crippen LogP contribution in [0.15, 0.2) is 18.7 Å². The fourth-order valence-corrected chi connectivity index (χ4v) is 1.44. The van der Waals surface area contributed by atoms with Crippen LogP contribution in [-0.4, -0.2) is 39.7 Å². The van der Waals surface area contributed by atoms with Crippen LogP contribution in [0, 0.1) is 0 Å². The van der Waals surface area contributed by atoms with Gasteiger partial charge in [0.1, 0.15) is 5.60 Å². The number of amides is 1. The van der Waals surface area contributed by atoms with Gasteiger partial charge in [0.15, 0.2) is 0 Å². The molecule has 0 spiro atoms. The largest absolute Gasteiger partial charge is 0.444 e. The van der Waals surface area contributed by atoms with E-state index in [4.69, 9.17) is 4.74 Å². The van der Waals surface area contributed by atoms with Gasteiger partial charge >= 0.3 is 6.09 Å². The average molecular weight is 239 g/mol. The van der Waals surface area contributed by atoms with Gasteiger partial charge in [-0.25, -0.2) is 9.78 Å². The predicted octanol–water partition coefficient (Wildman–Crippen LogP) is 2.43. The molecule has 1 aliphatic rings. The molecule has 0 atom stereocenters. The van der Waals surface area contributed by atoms with Gasteiger partial charge in [-0.05, 0) is 33.6 Å². The number of likely N-dealkylation sites (tertiary alicyclic amines) is 1. The van der Waals surface area contributed by atoms with Gasteiger partial charge in [0, 0.05) is 25.5 Å². The highest BCUT2D eigenvalue weighted by molar-refractivity contribution is 5.68. The Hall–Kier alpha value is -1.52. The lowest BCUT2D eigenvalue weighted by molar-refractivity contribution is 0.0295. The zero-order chi connectivity index (χ0) is 12.7. The number of nitrogens with zero attached hydrogens (tertiary/aromatic N) is 2. The van der Waals surface area contributed by atoms with Crippen LogP contribution in [0.25, 0.3) is 0 Å². The van der Waals surface area contributed by atoms with Crippen LogP contribution in [0.2, 0.25) is 0 Å². The molecule has 0 bridgehead atoms. The molecule has 1 N–H and O–H groups in total. The number of aromatic amines is 1. The smallest absolute Gasteiger partial charge is 0.410 e. The van der Waals surface area contributed by atoms with E-state index in [0.29, 0.717) is 0 Å². The molecule has 1 amide bonds. The van der Waals surface area contributed by atoms with Crippen LogP contribution in [0.5, 0.6) is 0 Å². The standard InChI is InChI=1S/C9H17NO2.C3H4N2/c1-9(2,3)12-8(11)10-6-4-5-7-10;1-2-5-3-4-1/h4-7H2,1-3H3;1-3H,(H,4,5). The monoisotopic (exact) mass is 239 g/mol. The summed E-state index contributed by atoms with van der Waals surface area (Å²) in [4.78, 5) is 19.6. The van der Waals surface area contributed by atoms with Gasteiger partial charge < -0.3 is 14.6 Å². The number of carbonyl (C=O) groups is 1. The van der Waals surface area contributed by atoms with Crippen molar-refractivity contribution in [2.45, 2.75) is 39.2 Å². The van der Waals surface area contributed by atoms with Gasteiger partial charge in [-0.15, -0.1) is 0 Å². The lowest BCUT2D eigenvalue weighted by Gasteiger charge is -2.23. The Labute approximate surface area is 102 Å². The van der Waals surface area contributed by atoms with Crippen LogP contribution in [-0.2, 0) is 4.74 Å². The van der Waals surface area contributed by atoms with Crippen molar-refractivity contribution >= 4 is 6.09 Å². The fraction of sp³-hybridized carbons (Fsp3) is 0.667. The summed E-state index contributed by atoms with van der Waals surface area (Å²) < 4.78 is 5.21. The number of rotatable bonds is 0. The second-order valence-electron chi connectivity index (χ2n) is 4.94. The molecule has 17 heavy (non-hydrogen) atoms. The molecule has 96 valence electrons. The van der Waals surface area contributed by atoms with Crippen LogP contribution < -0.4 is 0 Å². The third kappa shape index (κ3) is 5.94. The molecule has 5 heteroatoms. The third-order valence-corrected chi connectivity index (χ3v) is 2.16. The summed E-state index contributed by atoms with van der Waals surface area (Å²) in [5.41, 5.74) is -0.361. The molecule has 0 saturated carbocycles. The summed E-state index contributed by atoms with van der Waals surface area (Å²) in [6.07, 6.45) is 7.14. The van der Waals surface area contributed by atoms with E-state index in [9.17, 15) is 4.79 Å². The van der Waals surface area contributed by atoms with Gasteiger partial charge in [0.2, 0.25) is 0 Å². The molecule has 1 aromatic heterocycles. The van der Waals surface area contributed by atoms with Crippen molar-refractivity contribution in [3.63, 3.8) is 0 Å². The Kier molecular flexibility index (Phi) is 5.00. The zero-order valence-corrected chi connectivity index (χ0v) is 10.8. The highest BCUT2D eigenvalue weighted by atomic mass is 16.6. The number of hydrogen-bond donors (Lipinski definition) is 1. The summed E-state index contributed by atoms with van der Waals surface area (Å²) in [5.74, 6) is 0. The van der Waals surface area contributed by atoms with Crippen molar-refractivity contribution < 1.29 is 9.53 Å². The summed E-state index contributed by atoms with van der Waals surface area (Å²) in [5, 5.41) is 0. The molecular weight excluding hydrogens is 218 g/mol. The van der Waals surface area contributed by atoms with Crippen molar-refractivity contribution in [3.05, 3.63) is 18.7 Å². The van der Waals surface area contributed by atoms with Gasteiger partial charge in [-0.1, -0.05) is 0 Å². The molecule has 1 fully saturated rings. The van der Waals surface area contributed by atoms with Gasteiger partial charge in [0.05, 0.1) is 6.33 Å². The Bertz CT molecular complexity index is 294. The number of carbonyl (C=O) groups excluding carboxylic acids is 1. The third-order valence-electron chi connectivity index (χ3n) is 2.16. The quantitative estimate of drug-likeness (QED) is 0.756. The van der Waals surface area contributed by atoms with E-state index in [1.807, 2.05) is 20.8 Å². The average Bonchev–Trinajstić information content (AvgIpc) is 2.93. The SMILES string of the molecule is CC(C)(C)OC(=O)N1CCCC1.c1c[nH]cn1. The molecule has 1 saturated heterocycles.